The molecule has 0 aliphatic carbocycles. The minimum atomic E-state index is -0.0809. The lowest BCUT2D eigenvalue weighted by Gasteiger charge is -2.44. The van der Waals surface area contributed by atoms with Crippen molar-refractivity contribution in [1.29, 1.82) is 0 Å². The standard InChI is InChI=1S/C46H24B2N2O4/c1-3-11-26(12-4-1)49-28-15-7-19-32-39(28)47-41-30(49)17-9-21-34(41)53-45-38-25(23-36(51-32)43(45)47)24-37-44-46(38)54-35-22-10-18-31-42(35)48(44)40-29(16-8-20-33(40)52-37)50(31)27-13-5-2-6-14-27/h1-24H. The van der Waals surface area contributed by atoms with E-state index in [0.29, 0.717) is 0 Å². The molecule has 0 radical (unpaired) electrons. The van der Waals surface area contributed by atoms with Crippen LogP contribution in [0.3, 0.4) is 0 Å². The second-order valence-electron chi connectivity index (χ2n) is 14.7. The molecule has 6 aliphatic rings. The Kier molecular flexibility index (Phi) is 4.84. The Morgan fingerprint density at radius 2 is 0.704 bits per heavy atom. The van der Waals surface area contributed by atoms with Crippen molar-refractivity contribution in [2.75, 3.05) is 9.80 Å². The second kappa shape index (κ2) is 9.48. The molecule has 8 heteroatoms. The molecule has 8 aromatic carbocycles. The van der Waals surface area contributed by atoms with Crippen LogP contribution in [-0.2, 0) is 0 Å². The average molecular weight is 690 g/mol. The molecule has 0 saturated carbocycles. The summed E-state index contributed by atoms with van der Waals surface area (Å²) in [4.78, 5) is 4.67. The second-order valence-corrected chi connectivity index (χ2v) is 14.7. The van der Waals surface area contributed by atoms with Crippen LogP contribution in [0.2, 0.25) is 0 Å². The summed E-state index contributed by atoms with van der Waals surface area (Å²) in [6, 6.07) is 51.0. The minimum Gasteiger partial charge on any atom is -0.458 e. The van der Waals surface area contributed by atoms with E-state index in [9.17, 15) is 0 Å². The zero-order valence-electron chi connectivity index (χ0n) is 28.5. The van der Waals surface area contributed by atoms with Gasteiger partial charge in [0.05, 0.1) is 5.39 Å². The molecule has 0 atom stereocenters. The number of benzene rings is 8. The van der Waals surface area contributed by atoms with E-state index in [1.54, 1.807) is 0 Å². The van der Waals surface area contributed by atoms with E-state index in [1.165, 1.54) is 0 Å². The lowest BCUT2D eigenvalue weighted by molar-refractivity contribution is 0.457. The molecular formula is C46H24B2N2O4. The van der Waals surface area contributed by atoms with Gasteiger partial charge in [0.25, 0.3) is 13.4 Å². The summed E-state index contributed by atoms with van der Waals surface area (Å²) < 4.78 is 28.1. The summed E-state index contributed by atoms with van der Waals surface area (Å²) in [7, 11) is 0. The van der Waals surface area contributed by atoms with E-state index >= 15 is 0 Å². The summed E-state index contributed by atoms with van der Waals surface area (Å²) in [5, 5.41) is 1.88. The SMILES string of the molecule is c1ccc(N2c3cccc4c3B3c5c(cccc52)Oc2c3c(cc3cc5c6c(c23)Oc2cccc3c2B6c2c(cccc2N3c2ccccc2)O5)O4)cc1. The smallest absolute Gasteiger partial charge is 0.266 e. The summed E-state index contributed by atoms with van der Waals surface area (Å²) >= 11 is 0. The third-order valence-corrected chi connectivity index (χ3v) is 12.1. The topological polar surface area (TPSA) is 43.4 Å². The highest BCUT2D eigenvalue weighted by atomic mass is 16.5. The molecule has 0 N–H and O–H groups in total. The molecule has 14 rings (SSSR count). The van der Waals surface area contributed by atoms with Gasteiger partial charge in [0.2, 0.25) is 0 Å². The molecule has 0 saturated heterocycles. The first-order valence-corrected chi connectivity index (χ1v) is 18.4. The van der Waals surface area contributed by atoms with Gasteiger partial charge in [-0.2, -0.15) is 0 Å². The number of rotatable bonds is 2. The maximum absolute atomic E-state index is 7.17. The number of ether oxygens (including phenoxy) is 4. The Bertz CT molecular complexity index is 2800. The van der Waals surface area contributed by atoms with Crippen LogP contribution in [0.15, 0.2) is 146 Å². The highest BCUT2D eigenvalue weighted by molar-refractivity contribution is 7.02. The molecule has 0 fully saturated rings. The fraction of sp³-hybridized carbons (Fsp3) is 0. The summed E-state index contributed by atoms with van der Waals surface area (Å²) in [5.74, 6) is 6.55. The predicted octanol–water partition coefficient (Wildman–Crippen LogP) is 7.86. The van der Waals surface area contributed by atoms with Gasteiger partial charge < -0.3 is 28.7 Å². The molecule has 6 nitrogen and oxygen atoms in total. The normalized spacial score (nSPS) is 14.7. The number of anilines is 6. The highest BCUT2D eigenvalue weighted by Crippen LogP contribution is 2.52. The molecule has 0 aromatic heterocycles. The van der Waals surface area contributed by atoms with E-state index in [1.807, 2.05) is 0 Å². The number of hydrogen-bond donors (Lipinski definition) is 0. The van der Waals surface area contributed by atoms with Gasteiger partial charge in [-0.3, -0.25) is 0 Å². The van der Waals surface area contributed by atoms with Gasteiger partial charge in [-0.1, -0.05) is 60.7 Å². The van der Waals surface area contributed by atoms with E-state index in [0.717, 1.165) is 124 Å². The van der Waals surface area contributed by atoms with Crippen molar-refractivity contribution in [1.82, 2.24) is 0 Å². The van der Waals surface area contributed by atoms with Crippen LogP contribution >= 0.6 is 0 Å². The molecule has 54 heavy (non-hydrogen) atoms. The van der Waals surface area contributed by atoms with Gasteiger partial charge in [-0.15, -0.1) is 0 Å². The van der Waals surface area contributed by atoms with Crippen LogP contribution in [0, 0.1) is 0 Å². The van der Waals surface area contributed by atoms with E-state index in [-0.39, 0.29) is 13.4 Å². The van der Waals surface area contributed by atoms with Crippen LogP contribution in [0.1, 0.15) is 0 Å². The van der Waals surface area contributed by atoms with Crippen molar-refractivity contribution >= 4 is 91.1 Å². The zero-order valence-corrected chi connectivity index (χ0v) is 28.5. The molecular weight excluding hydrogens is 666 g/mol. The molecule has 8 aromatic rings. The first kappa shape index (κ1) is 27.6. The van der Waals surface area contributed by atoms with Gasteiger partial charge in [0, 0.05) is 45.0 Å². The largest absolute Gasteiger partial charge is 0.458 e. The van der Waals surface area contributed by atoms with Crippen molar-refractivity contribution in [3.05, 3.63) is 146 Å². The van der Waals surface area contributed by atoms with Gasteiger partial charge in [-0.25, -0.2) is 0 Å². The van der Waals surface area contributed by atoms with Gasteiger partial charge >= 0.3 is 0 Å². The zero-order chi connectivity index (χ0) is 34.8. The predicted molar refractivity (Wildman–Crippen MR) is 216 cm³/mol. The molecule has 6 heterocycles. The minimum absolute atomic E-state index is 0.0809. The lowest BCUT2D eigenvalue weighted by atomic mass is 9.32. The van der Waals surface area contributed by atoms with Gasteiger partial charge in [0.15, 0.2) is 0 Å². The average Bonchev–Trinajstić information content (AvgIpc) is 3.21. The van der Waals surface area contributed by atoms with Crippen molar-refractivity contribution < 1.29 is 18.9 Å². The monoisotopic (exact) mass is 690 g/mol. The van der Waals surface area contributed by atoms with Crippen molar-refractivity contribution in [2.24, 2.45) is 0 Å². The van der Waals surface area contributed by atoms with E-state index in [4.69, 9.17) is 18.9 Å². The van der Waals surface area contributed by atoms with Crippen molar-refractivity contribution in [3.63, 3.8) is 0 Å². The summed E-state index contributed by atoms with van der Waals surface area (Å²) in [5.41, 5.74) is 13.3. The highest BCUT2D eigenvalue weighted by Gasteiger charge is 2.51. The fourth-order valence-corrected chi connectivity index (χ4v) is 10.1. The van der Waals surface area contributed by atoms with Gasteiger partial charge in [0.1, 0.15) is 46.0 Å². The Labute approximate surface area is 310 Å². The summed E-state index contributed by atoms with van der Waals surface area (Å²) in [6.45, 7) is -0.162. The first-order valence-electron chi connectivity index (χ1n) is 18.4. The maximum Gasteiger partial charge on any atom is 0.266 e. The Morgan fingerprint density at radius 3 is 1.09 bits per heavy atom. The fourth-order valence-electron chi connectivity index (χ4n) is 10.1. The van der Waals surface area contributed by atoms with Gasteiger partial charge in [-0.05, 0) is 112 Å². The number of fused-ring (bicyclic) bond motifs is 3. The van der Waals surface area contributed by atoms with Crippen LogP contribution in [0.25, 0.3) is 10.8 Å². The molecule has 6 aliphatic heterocycles. The van der Waals surface area contributed by atoms with E-state index in [2.05, 4.69) is 155 Å². The van der Waals surface area contributed by atoms with E-state index < -0.39 is 0 Å². The van der Waals surface area contributed by atoms with Crippen molar-refractivity contribution in [3.8, 4) is 46.0 Å². The first-order chi connectivity index (χ1) is 26.8. The molecule has 0 amide bonds. The quantitative estimate of drug-likeness (QED) is 0.172. The number of nitrogens with zero attached hydrogens (tertiary/aromatic N) is 2. The molecule has 248 valence electrons. The Hall–Kier alpha value is -7.05. The van der Waals surface area contributed by atoms with Crippen LogP contribution in [-0.4, -0.2) is 13.4 Å². The van der Waals surface area contributed by atoms with Crippen molar-refractivity contribution in [2.45, 2.75) is 0 Å². The van der Waals surface area contributed by atoms with Crippen LogP contribution < -0.4 is 61.5 Å². The molecule has 0 spiro atoms. The third-order valence-electron chi connectivity index (χ3n) is 12.1. The van der Waals surface area contributed by atoms with Crippen LogP contribution in [0.5, 0.6) is 46.0 Å². The lowest BCUT2D eigenvalue weighted by Crippen LogP contribution is -2.62. The number of hydrogen-bond acceptors (Lipinski definition) is 6. The maximum atomic E-state index is 7.17. The van der Waals surface area contributed by atoms with Crippen LogP contribution in [0.4, 0.5) is 34.1 Å². The third kappa shape index (κ3) is 3.19. The Balaban J connectivity index is 1.05. The molecule has 0 unspecified atom stereocenters. The molecule has 0 bridgehead atoms. The summed E-state index contributed by atoms with van der Waals surface area (Å²) in [6.07, 6.45) is 0. The number of para-hydroxylation sites is 2. The Morgan fingerprint density at radius 1 is 0.333 bits per heavy atom.